The molecule has 3 unspecified atom stereocenters. The lowest BCUT2D eigenvalue weighted by molar-refractivity contribution is -0.141. The predicted molar refractivity (Wildman–Crippen MR) is 158 cm³/mol. The Labute approximate surface area is 229 Å². The molecule has 1 aromatic heterocycles. The van der Waals surface area contributed by atoms with Crippen LogP contribution in [-0.2, 0) is 9.59 Å². The lowest BCUT2D eigenvalue weighted by Crippen LogP contribution is -2.48. The van der Waals surface area contributed by atoms with Crippen molar-refractivity contribution in [1.82, 2.24) is 15.4 Å². The minimum Gasteiger partial charge on any atom is -0.361 e. The summed E-state index contributed by atoms with van der Waals surface area (Å²) in [5, 5.41) is 6.87. The van der Waals surface area contributed by atoms with Gasteiger partial charge in [-0.05, 0) is 49.3 Å². The molecule has 1 aliphatic rings. The Hall–Kier alpha value is -3.41. The van der Waals surface area contributed by atoms with E-state index in [0.29, 0.717) is 18.7 Å². The smallest absolute Gasteiger partial charge is 0.243 e. The van der Waals surface area contributed by atoms with Crippen LogP contribution in [0.4, 0.5) is 0 Å². The van der Waals surface area contributed by atoms with Crippen LogP contribution in [0.25, 0.3) is 5.57 Å². The van der Waals surface area contributed by atoms with Gasteiger partial charge >= 0.3 is 0 Å². The number of hydrogen-bond acceptors (Lipinski definition) is 4. The van der Waals surface area contributed by atoms with Gasteiger partial charge in [0.15, 0.2) is 0 Å². The molecular weight excluding hydrogens is 474 g/mol. The van der Waals surface area contributed by atoms with Crippen molar-refractivity contribution in [3.8, 4) is 0 Å². The molecule has 1 aliphatic heterocycles. The Morgan fingerprint density at radius 1 is 1.11 bits per heavy atom. The van der Waals surface area contributed by atoms with Gasteiger partial charge in [0.25, 0.3) is 0 Å². The average molecular weight is 522 g/mol. The number of allylic oxidation sites excluding steroid dienone is 4. The van der Waals surface area contributed by atoms with Crippen LogP contribution >= 0.6 is 0 Å². The number of carbonyl (C=O) groups excluding carboxylic acids is 2. The summed E-state index contributed by atoms with van der Waals surface area (Å²) < 4.78 is 5.30. The maximum atomic E-state index is 13.4. The molecule has 0 bridgehead atoms. The molecule has 0 radical (unpaired) electrons. The van der Waals surface area contributed by atoms with Gasteiger partial charge in [0.2, 0.25) is 11.8 Å². The molecule has 6 heteroatoms. The van der Waals surface area contributed by atoms with E-state index in [4.69, 9.17) is 4.52 Å². The SMILES string of the molecule is C=C/C=C(\C(=C)C)c1ccc(C(C)NC(=O)C2CCCN2C(=O)C(c2ccno2)C(C)C)cc1.CC.CC. The van der Waals surface area contributed by atoms with Crippen molar-refractivity contribution in [2.75, 3.05) is 6.54 Å². The summed E-state index contributed by atoms with van der Waals surface area (Å²) in [6.07, 6.45) is 6.69. The summed E-state index contributed by atoms with van der Waals surface area (Å²) in [6, 6.07) is 9.13. The fraction of sp³-hybridized carbons (Fsp3) is 0.469. The Balaban J connectivity index is 0.00000172. The molecule has 0 aliphatic carbocycles. The lowest BCUT2D eigenvalue weighted by atomic mass is 9.91. The minimum absolute atomic E-state index is 0.0291. The zero-order valence-electron chi connectivity index (χ0n) is 24.6. The normalized spacial score (nSPS) is 16.4. The molecule has 208 valence electrons. The van der Waals surface area contributed by atoms with Crippen LogP contribution in [0.1, 0.15) is 97.1 Å². The third kappa shape index (κ3) is 8.30. The van der Waals surface area contributed by atoms with E-state index >= 15 is 0 Å². The van der Waals surface area contributed by atoms with Gasteiger partial charge in [-0.25, -0.2) is 0 Å². The third-order valence-corrected chi connectivity index (χ3v) is 6.36. The van der Waals surface area contributed by atoms with Crippen molar-refractivity contribution in [3.63, 3.8) is 0 Å². The lowest BCUT2D eigenvalue weighted by Gasteiger charge is -2.29. The van der Waals surface area contributed by atoms with Crippen molar-refractivity contribution in [2.24, 2.45) is 5.92 Å². The summed E-state index contributed by atoms with van der Waals surface area (Å²) in [5.74, 6) is -0.0907. The van der Waals surface area contributed by atoms with Crippen LogP contribution < -0.4 is 5.32 Å². The van der Waals surface area contributed by atoms with E-state index < -0.39 is 12.0 Å². The number of likely N-dealkylation sites (tertiary alicyclic amines) is 1. The number of nitrogens with one attached hydrogen (secondary N) is 1. The van der Waals surface area contributed by atoms with Crippen molar-refractivity contribution < 1.29 is 14.1 Å². The molecule has 2 aromatic rings. The Morgan fingerprint density at radius 3 is 2.24 bits per heavy atom. The second-order valence-corrected chi connectivity index (χ2v) is 9.27. The maximum absolute atomic E-state index is 13.4. The molecule has 0 saturated carbocycles. The molecule has 6 nitrogen and oxygen atoms in total. The topological polar surface area (TPSA) is 75.4 Å². The first-order valence-corrected chi connectivity index (χ1v) is 13.8. The summed E-state index contributed by atoms with van der Waals surface area (Å²) in [4.78, 5) is 28.3. The number of nitrogens with zero attached hydrogens (tertiary/aromatic N) is 2. The predicted octanol–water partition coefficient (Wildman–Crippen LogP) is 7.48. The van der Waals surface area contributed by atoms with Crippen LogP contribution in [0.5, 0.6) is 0 Å². The summed E-state index contributed by atoms with van der Waals surface area (Å²) >= 11 is 0. The summed E-state index contributed by atoms with van der Waals surface area (Å²) in [5.41, 5.74) is 4.04. The number of hydrogen-bond donors (Lipinski definition) is 1. The van der Waals surface area contributed by atoms with Gasteiger partial charge in [0, 0.05) is 12.6 Å². The van der Waals surface area contributed by atoms with E-state index in [1.807, 2.05) is 85.7 Å². The molecule has 38 heavy (non-hydrogen) atoms. The summed E-state index contributed by atoms with van der Waals surface area (Å²) in [6.45, 7) is 24.3. The fourth-order valence-electron chi connectivity index (χ4n) is 4.55. The Kier molecular flexibility index (Phi) is 14.1. The molecule has 1 N–H and O–H groups in total. The van der Waals surface area contributed by atoms with Crippen LogP contribution in [0, 0.1) is 5.92 Å². The highest BCUT2D eigenvalue weighted by molar-refractivity contribution is 5.91. The van der Waals surface area contributed by atoms with Gasteiger partial charge in [-0.3, -0.25) is 9.59 Å². The van der Waals surface area contributed by atoms with E-state index in [2.05, 4.69) is 23.6 Å². The molecule has 0 spiro atoms. The van der Waals surface area contributed by atoms with Crippen molar-refractivity contribution in [1.29, 1.82) is 0 Å². The highest BCUT2D eigenvalue weighted by Gasteiger charge is 2.40. The second-order valence-electron chi connectivity index (χ2n) is 9.27. The Bertz CT molecular complexity index is 1050. The first-order valence-electron chi connectivity index (χ1n) is 13.8. The second kappa shape index (κ2) is 16.4. The van der Waals surface area contributed by atoms with Crippen LogP contribution in [0.2, 0.25) is 0 Å². The van der Waals surface area contributed by atoms with E-state index in [9.17, 15) is 9.59 Å². The standard InChI is InChI=1S/C28H35N3O3.2C2H6/c1-7-9-23(18(2)3)22-13-11-21(12-14-22)20(6)30-27(32)24-10-8-17-31(24)28(33)26(19(4)5)25-15-16-29-34-25;2*1-2/h7,9,11-16,19-20,24,26H,1-2,8,10,17H2,3-6H3,(H,30,32);2*1-2H3/b23-9+;;. The van der Waals surface area contributed by atoms with Gasteiger partial charge in [0.05, 0.1) is 12.2 Å². The number of benzene rings is 1. The van der Waals surface area contributed by atoms with Gasteiger partial charge < -0.3 is 14.7 Å². The average Bonchev–Trinajstić information content (AvgIpc) is 3.62. The largest absolute Gasteiger partial charge is 0.361 e. The monoisotopic (exact) mass is 521 g/mol. The van der Waals surface area contributed by atoms with Crippen LogP contribution in [0.3, 0.4) is 0 Å². The molecule has 3 atom stereocenters. The highest BCUT2D eigenvalue weighted by atomic mass is 16.5. The first-order chi connectivity index (χ1) is 18.2. The van der Waals surface area contributed by atoms with Gasteiger partial charge in [0.1, 0.15) is 17.7 Å². The first kappa shape index (κ1) is 32.6. The fourth-order valence-corrected chi connectivity index (χ4v) is 4.55. The molecule has 1 saturated heterocycles. The number of aromatic nitrogens is 1. The molecule has 2 heterocycles. The molecular formula is C32H47N3O3. The van der Waals surface area contributed by atoms with Crippen LogP contribution in [-0.4, -0.2) is 34.5 Å². The van der Waals surface area contributed by atoms with E-state index in [1.165, 1.54) is 0 Å². The number of rotatable bonds is 9. The number of amides is 2. The zero-order valence-corrected chi connectivity index (χ0v) is 24.6. The molecule has 3 rings (SSSR count). The van der Waals surface area contributed by atoms with E-state index in [0.717, 1.165) is 28.7 Å². The van der Waals surface area contributed by atoms with E-state index in [-0.39, 0.29) is 23.8 Å². The van der Waals surface area contributed by atoms with Crippen LogP contribution in [0.15, 0.2) is 71.9 Å². The van der Waals surface area contributed by atoms with Gasteiger partial charge in [-0.1, -0.05) is 102 Å². The van der Waals surface area contributed by atoms with Crippen molar-refractivity contribution in [3.05, 3.63) is 84.3 Å². The molecule has 2 amide bonds. The highest BCUT2D eigenvalue weighted by Crippen LogP contribution is 2.31. The molecule has 1 aromatic carbocycles. The van der Waals surface area contributed by atoms with Crippen molar-refractivity contribution in [2.45, 2.75) is 86.2 Å². The zero-order chi connectivity index (χ0) is 28.8. The summed E-state index contributed by atoms with van der Waals surface area (Å²) in [7, 11) is 0. The molecule has 1 fully saturated rings. The number of carbonyl (C=O) groups is 2. The minimum atomic E-state index is -0.482. The van der Waals surface area contributed by atoms with Crippen molar-refractivity contribution >= 4 is 17.4 Å². The maximum Gasteiger partial charge on any atom is 0.243 e. The van der Waals surface area contributed by atoms with Gasteiger partial charge in [-0.15, -0.1) is 0 Å². The van der Waals surface area contributed by atoms with Gasteiger partial charge in [-0.2, -0.15) is 0 Å². The Morgan fingerprint density at radius 2 is 1.74 bits per heavy atom. The third-order valence-electron chi connectivity index (χ3n) is 6.36. The van der Waals surface area contributed by atoms with E-state index in [1.54, 1.807) is 23.2 Å². The quantitative estimate of drug-likeness (QED) is 0.347.